The maximum Gasteiger partial charge on any atom is 0.168 e. The van der Waals surface area contributed by atoms with E-state index in [-0.39, 0.29) is 0 Å². The minimum atomic E-state index is 0.363. The van der Waals surface area contributed by atoms with Gasteiger partial charge in [-0.05, 0) is 37.0 Å². The van der Waals surface area contributed by atoms with Crippen LogP contribution >= 0.6 is 11.8 Å². The fourth-order valence-corrected chi connectivity index (χ4v) is 1.95. The van der Waals surface area contributed by atoms with Crippen molar-refractivity contribution in [1.82, 2.24) is 0 Å². The van der Waals surface area contributed by atoms with E-state index < -0.39 is 0 Å². The van der Waals surface area contributed by atoms with Crippen LogP contribution < -0.4 is 0 Å². The highest BCUT2D eigenvalue weighted by Crippen LogP contribution is 2.19. The van der Waals surface area contributed by atoms with Crippen LogP contribution in [-0.4, -0.2) is 17.3 Å². The van der Waals surface area contributed by atoms with E-state index in [9.17, 15) is 4.79 Å². The van der Waals surface area contributed by atoms with Gasteiger partial charge in [-0.25, -0.2) is 0 Å². The number of carbonyl (C=O) groups is 1. The summed E-state index contributed by atoms with van der Waals surface area (Å²) in [4.78, 5) is 11.5. The molecule has 0 aromatic rings. The molecule has 0 unspecified atom stereocenters. The first-order chi connectivity index (χ1) is 5.84. The second-order valence-electron chi connectivity index (χ2n) is 3.04. The predicted molar refractivity (Wildman–Crippen MR) is 54.6 cm³/mol. The Hall–Kier alpha value is -0.240. The maximum atomic E-state index is 11.5. The van der Waals surface area contributed by atoms with Crippen LogP contribution in [-0.2, 0) is 4.79 Å². The Morgan fingerprint density at radius 1 is 1.58 bits per heavy atom. The molecule has 0 aliphatic heterocycles. The topological polar surface area (TPSA) is 17.1 Å². The molecule has 1 aliphatic carbocycles. The fourth-order valence-electron chi connectivity index (χ4n) is 1.38. The molecule has 1 rings (SSSR count). The summed E-state index contributed by atoms with van der Waals surface area (Å²) in [5.41, 5.74) is 1.09. The first-order valence-electron chi connectivity index (χ1n) is 4.64. The van der Waals surface area contributed by atoms with E-state index in [1.165, 1.54) is 12.8 Å². The van der Waals surface area contributed by atoms with E-state index in [4.69, 9.17) is 0 Å². The number of hydrogen-bond donors (Lipinski definition) is 0. The lowest BCUT2D eigenvalue weighted by atomic mass is 9.97. The molecule has 1 aliphatic rings. The second-order valence-corrected chi connectivity index (χ2v) is 4.31. The number of Topliss-reactive ketones (excluding diaryl/α,β-unsaturated/α-hetero) is 1. The lowest BCUT2D eigenvalue weighted by Gasteiger charge is -2.10. The van der Waals surface area contributed by atoms with Gasteiger partial charge in [-0.3, -0.25) is 4.79 Å². The first-order valence-corrected chi connectivity index (χ1v) is 5.80. The van der Waals surface area contributed by atoms with Gasteiger partial charge in [0.05, 0.1) is 5.75 Å². The molecule has 0 saturated carbocycles. The first kappa shape index (κ1) is 9.85. The van der Waals surface area contributed by atoms with E-state index in [0.717, 1.165) is 24.2 Å². The van der Waals surface area contributed by atoms with Crippen molar-refractivity contribution in [2.75, 3.05) is 11.5 Å². The third-order valence-electron chi connectivity index (χ3n) is 2.09. The number of carbonyl (C=O) groups excluding carboxylic acids is 1. The third-order valence-corrected chi connectivity index (χ3v) is 2.96. The molecular formula is C10H16OS. The van der Waals surface area contributed by atoms with Gasteiger partial charge in [0.2, 0.25) is 0 Å². The van der Waals surface area contributed by atoms with Gasteiger partial charge in [-0.2, -0.15) is 11.8 Å². The fraction of sp³-hybridized carbons (Fsp3) is 0.700. The third kappa shape index (κ3) is 3.02. The van der Waals surface area contributed by atoms with Gasteiger partial charge in [-0.1, -0.05) is 13.0 Å². The Morgan fingerprint density at radius 2 is 2.42 bits per heavy atom. The van der Waals surface area contributed by atoms with Crippen molar-refractivity contribution in [3.05, 3.63) is 11.6 Å². The molecule has 1 nitrogen and oxygen atoms in total. The van der Waals surface area contributed by atoms with Crippen molar-refractivity contribution in [2.45, 2.75) is 32.6 Å². The van der Waals surface area contributed by atoms with Gasteiger partial charge in [0.25, 0.3) is 0 Å². The monoisotopic (exact) mass is 184 g/mol. The largest absolute Gasteiger partial charge is 0.294 e. The molecule has 0 spiro atoms. The van der Waals surface area contributed by atoms with Gasteiger partial charge in [0.15, 0.2) is 5.78 Å². The van der Waals surface area contributed by atoms with Crippen molar-refractivity contribution in [3.63, 3.8) is 0 Å². The van der Waals surface area contributed by atoms with Crippen LogP contribution in [0.3, 0.4) is 0 Å². The van der Waals surface area contributed by atoms with E-state index >= 15 is 0 Å². The molecule has 0 atom stereocenters. The van der Waals surface area contributed by atoms with Crippen molar-refractivity contribution >= 4 is 17.5 Å². The summed E-state index contributed by atoms with van der Waals surface area (Å²) < 4.78 is 0. The van der Waals surface area contributed by atoms with E-state index in [1.54, 1.807) is 11.8 Å². The smallest absolute Gasteiger partial charge is 0.168 e. The average Bonchev–Trinajstić information content (AvgIpc) is 2.15. The molecule has 0 radical (unpaired) electrons. The molecule has 0 bridgehead atoms. The van der Waals surface area contributed by atoms with Crippen LogP contribution in [0, 0.1) is 0 Å². The Bertz CT molecular complexity index is 184. The van der Waals surface area contributed by atoms with Crippen LogP contribution in [0.2, 0.25) is 0 Å². The van der Waals surface area contributed by atoms with Crippen molar-refractivity contribution < 1.29 is 4.79 Å². The van der Waals surface area contributed by atoms with Crippen LogP contribution in [0.15, 0.2) is 11.6 Å². The highest BCUT2D eigenvalue weighted by Gasteiger charge is 2.11. The summed E-state index contributed by atoms with van der Waals surface area (Å²) in [6.45, 7) is 2.09. The molecule has 68 valence electrons. The SMILES string of the molecule is CCSCC(=O)C1=CCCCC1. The van der Waals surface area contributed by atoms with Crippen molar-refractivity contribution in [3.8, 4) is 0 Å². The summed E-state index contributed by atoms with van der Waals surface area (Å²) in [6, 6.07) is 0. The zero-order valence-electron chi connectivity index (χ0n) is 7.64. The highest BCUT2D eigenvalue weighted by atomic mass is 32.2. The van der Waals surface area contributed by atoms with Crippen LogP contribution in [0.5, 0.6) is 0 Å². The van der Waals surface area contributed by atoms with Gasteiger partial charge in [0.1, 0.15) is 0 Å². The Morgan fingerprint density at radius 3 is 3.00 bits per heavy atom. The Kier molecular flexibility index (Phi) is 4.44. The number of ketones is 1. The van der Waals surface area contributed by atoms with Crippen LogP contribution in [0.25, 0.3) is 0 Å². The second kappa shape index (κ2) is 5.41. The van der Waals surface area contributed by atoms with Crippen molar-refractivity contribution in [2.24, 2.45) is 0 Å². The standard InChI is InChI=1S/C10H16OS/c1-2-12-8-10(11)9-6-4-3-5-7-9/h6H,2-5,7-8H2,1H3. The van der Waals surface area contributed by atoms with Crippen LogP contribution in [0.4, 0.5) is 0 Å². The van der Waals surface area contributed by atoms with Gasteiger partial charge in [0, 0.05) is 0 Å². The summed E-state index contributed by atoms with van der Waals surface area (Å²) in [6.07, 6.45) is 6.72. The van der Waals surface area contributed by atoms with Crippen molar-refractivity contribution in [1.29, 1.82) is 0 Å². The molecule has 0 amide bonds. The number of hydrogen-bond acceptors (Lipinski definition) is 2. The number of thioether (sulfide) groups is 1. The normalized spacial score (nSPS) is 17.2. The highest BCUT2D eigenvalue weighted by molar-refractivity contribution is 7.99. The summed E-state index contributed by atoms with van der Waals surface area (Å²) in [5.74, 6) is 2.09. The quantitative estimate of drug-likeness (QED) is 0.668. The Labute approximate surface area is 78.6 Å². The lowest BCUT2D eigenvalue weighted by molar-refractivity contribution is -0.113. The molecule has 0 heterocycles. The minimum absolute atomic E-state index is 0.363. The summed E-state index contributed by atoms with van der Waals surface area (Å²) >= 11 is 1.72. The van der Waals surface area contributed by atoms with Gasteiger partial charge >= 0.3 is 0 Å². The van der Waals surface area contributed by atoms with E-state index in [0.29, 0.717) is 11.5 Å². The number of rotatable bonds is 4. The minimum Gasteiger partial charge on any atom is -0.294 e. The predicted octanol–water partition coefficient (Wildman–Crippen LogP) is 2.81. The average molecular weight is 184 g/mol. The molecule has 0 aromatic carbocycles. The molecule has 0 aromatic heterocycles. The van der Waals surface area contributed by atoms with Crippen LogP contribution in [0.1, 0.15) is 32.6 Å². The maximum absolute atomic E-state index is 11.5. The molecule has 0 fully saturated rings. The zero-order valence-corrected chi connectivity index (χ0v) is 8.45. The zero-order chi connectivity index (χ0) is 8.81. The molecule has 0 saturated heterocycles. The van der Waals surface area contributed by atoms with Gasteiger partial charge in [-0.15, -0.1) is 0 Å². The number of allylic oxidation sites excluding steroid dienone is 2. The summed E-state index contributed by atoms with van der Waals surface area (Å²) in [7, 11) is 0. The lowest BCUT2D eigenvalue weighted by Crippen LogP contribution is -2.08. The molecular weight excluding hydrogens is 168 g/mol. The van der Waals surface area contributed by atoms with E-state index in [1.807, 2.05) is 0 Å². The van der Waals surface area contributed by atoms with E-state index in [2.05, 4.69) is 13.0 Å². The molecule has 12 heavy (non-hydrogen) atoms. The molecule has 0 N–H and O–H groups in total. The Balaban J connectivity index is 2.35. The van der Waals surface area contributed by atoms with Gasteiger partial charge < -0.3 is 0 Å². The summed E-state index contributed by atoms with van der Waals surface area (Å²) in [5, 5.41) is 0. The molecule has 2 heteroatoms.